The molecule has 7 nitrogen and oxygen atoms in total. The molecule has 0 unspecified atom stereocenters. The third-order valence-corrected chi connectivity index (χ3v) is 4.14. The molecule has 8 heteroatoms. The molecule has 3 rings (SSSR count). The molecule has 0 aliphatic carbocycles. The summed E-state index contributed by atoms with van der Waals surface area (Å²) in [5.74, 6) is -0.161. The van der Waals surface area contributed by atoms with Crippen molar-refractivity contribution in [2.45, 2.75) is 25.2 Å². The summed E-state index contributed by atoms with van der Waals surface area (Å²) in [5, 5.41) is 8.94. The predicted molar refractivity (Wildman–Crippen MR) is 80.6 cm³/mol. The lowest BCUT2D eigenvalue weighted by Gasteiger charge is -2.31. The van der Waals surface area contributed by atoms with E-state index >= 15 is 0 Å². The van der Waals surface area contributed by atoms with Crippen molar-refractivity contribution in [2.75, 3.05) is 13.2 Å². The van der Waals surface area contributed by atoms with E-state index in [1.807, 2.05) is 5.38 Å². The smallest absolute Gasteiger partial charge is 0.254 e. The molecular weight excluding hydrogens is 304 g/mol. The Labute approximate surface area is 132 Å². The summed E-state index contributed by atoms with van der Waals surface area (Å²) in [4.78, 5) is 16.4. The van der Waals surface area contributed by atoms with E-state index in [-0.39, 0.29) is 18.1 Å². The minimum Gasteiger partial charge on any atom is -0.379 e. The van der Waals surface area contributed by atoms with Gasteiger partial charge >= 0.3 is 0 Å². The molecule has 1 saturated heterocycles. The summed E-state index contributed by atoms with van der Waals surface area (Å²) in [6.07, 6.45) is 3.91. The molecule has 2 atom stereocenters. The summed E-state index contributed by atoms with van der Waals surface area (Å²) in [5.41, 5.74) is 3.23. The van der Waals surface area contributed by atoms with Gasteiger partial charge in [-0.05, 0) is 6.42 Å². The summed E-state index contributed by atoms with van der Waals surface area (Å²) in [7, 11) is 1.78. The Balaban J connectivity index is 1.58. The SMILES string of the molecule is Cn1cc(C(=O)N[C@@H]2COCC[C@@H]2OCc2cscn2)cn1. The van der Waals surface area contributed by atoms with Crippen LogP contribution in [0.3, 0.4) is 0 Å². The number of nitrogens with one attached hydrogen (secondary N) is 1. The first-order chi connectivity index (χ1) is 10.7. The van der Waals surface area contributed by atoms with E-state index in [0.29, 0.717) is 25.4 Å². The highest BCUT2D eigenvalue weighted by atomic mass is 32.1. The minimum absolute atomic E-state index is 0.0731. The van der Waals surface area contributed by atoms with Gasteiger partial charge in [0.1, 0.15) is 0 Å². The standard InChI is InChI=1S/C14H18N4O3S/c1-18-5-10(4-16-18)14(19)17-12-7-20-3-2-13(12)21-6-11-8-22-9-15-11/h4-5,8-9,12-13H,2-3,6-7H2,1H3,(H,17,19)/t12-,13+/m1/s1. The van der Waals surface area contributed by atoms with E-state index in [0.717, 1.165) is 12.1 Å². The fourth-order valence-corrected chi connectivity index (χ4v) is 2.89. The predicted octanol–water partition coefficient (Wildman–Crippen LogP) is 0.981. The number of amides is 1. The van der Waals surface area contributed by atoms with Crippen molar-refractivity contribution in [1.29, 1.82) is 0 Å². The van der Waals surface area contributed by atoms with E-state index in [1.165, 1.54) is 0 Å². The van der Waals surface area contributed by atoms with E-state index in [2.05, 4.69) is 15.4 Å². The molecule has 3 heterocycles. The van der Waals surface area contributed by atoms with Crippen molar-refractivity contribution in [3.05, 3.63) is 34.5 Å². The summed E-state index contributed by atoms with van der Waals surface area (Å²) in [6, 6.07) is -0.167. The van der Waals surface area contributed by atoms with Gasteiger partial charge in [0.15, 0.2) is 0 Å². The van der Waals surface area contributed by atoms with Crippen LogP contribution in [-0.2, 0) is 23.1 Å². The molecule has 1 N–H and O–H groups in total. The first kappa shape index (κ1) is 15.1. The first-order valence-corrected chi connectivity index (χ1v) is 8.02. The van der Waals surface area contributed by atoms with Crippen molar-refractivity contribution >= 4 is 17.2 Å². The lowest BCUT2D eigenvalue weighted by Crippen LogP contribution is -2.50. The number of carbonyl (C=O) groups excluding carboxylic acids is 1. The lowest BCUT2D eigenvalue weighted by molar-refractivity contribution is -0.0611. The normalized spacial score (nSPS) is 21.7. The van der Waals surface area contributed by atoms with Crippen LogP contribution in [-0.4, -0.2) is 46.0 Å². The van der Waals surface area contributed by atoms with E-state index in [1.54, 1.807) is 41.0 Å². The Bertz CT molecular complexity index is 613. The van der Waals surface area contributed by atoms with Gasteiger partial charge in [-0.2, -0.15) is 5.10 Å². The molecule has 1 amide bonds. The van der Waals surface area contributed by atoms with Crippen LogP contribution in [0, 0.1) is 0 Å². The van der Waals surface area contributed by atoms with Gasteiger partial charge in [-0.25, -0.2) is 4.98 Å². The fourth-order valence-electron chi connectivity index (χ4n) is 2.34. The third kappa shape index (κ3) is 3.70. The average molecular weight is 322 g/mol. The highest BCUT2D eigenvalue weighted by Gasteiger charge is 2.28. The number of hydrogen-bond acceptors (Lipinski definition) is 6. The number of carbonyl (C=O) groups is 1. The zero-order valence-corrected chi connectivity index (χ0v) is 13.1. The zero-order valence-electron chi connectivity index (χ0n) is 12.3. The second-order valence-corrected chi connectivity index (χ2v) is 5.89. The maximum Gasteiger partial charge on any atom is 0.254 e. The molecule has 2 aromatic rings. The molecule has 0 saturated carbocycles. The van der Waals surface area contributed by atoms with Crippen LogP contribution in [0.15, 0.2) is 23.3 Å². The maximum absolute atomic E-state index is 12.2. The van der Waals surface area contributed by atoms with Crippen LogP contribution in [0.1, 0.15) is 22.5 Å². The monoisotopic (exact) mass is 322 g/mol. The van der Waals surface area contributed by atoms with Crippen molar-refractivity contribution < 1.29 is 14.3 Å². The van der Waals surface area contributed by atoms with Gasteiger partial charge in [0.05, 0.1) is 48.3 Å². The second kappa shape index (κ2) is 6.99. The Morgan fingerprint density at radius 3 is 3.27 bits per heavy atom. The van der Waals surface area contributed by atoms with Crippen molar-refractivity contribution in [2.24, 2.45) is 7.05 Å². The zero-order chi connectivity index (χ0) is 15.4. The molecule has 1 fully saturated rings. The Morgan fingerprint density at radius 1 is 1.64 bits per heavy atom. The summed E-state index contributed by atoms with van der Waals surface area (Å²) in [6.45, 7) is 1.54. The Hall–Kier alpha value is -1.77. The molecule has 1 aliphatic heterocycles. The molecular formula is C14H18N4O3S. The largest absolute Gasteiger partial charge is 0.379 e. The molecule has 118 valence electrons. The van der Waals surface area contributed by atoms with Crippen LogP contribution in [0.5, 0.6) is 0 Å². The van der Waals surface area contributed by atoms with Gasteiger partial charge in [-0.1, -0.05) is 0 Å². The van der Waals surface area contributed by atoms with Crippen LogP contribution < -0.4 is 5.32 Å². The highest BCUT2D eigenvalue weighted by Crippen LogP contribution is 2.15. The topological polar surface area (TPSA) is 78.3 Å². The van der Waals surface area contributed by atoms with Crippen LogP contribution >= 0.6 is 11.3 Å². The first-order valence-electron chi connectivity index (χ1n) is 7.08. The van der Waals surface area contributed by atoms with Gasteiger partial charge in [0, 0.05) is 25.2 Å². The molecule has 22 heavy (non-hydrogen) atoms. The van der Waals surface area contributed by atoms with E-state index in [4.69, 9.17) is 9.47 Å². The van der Waals surface area contributed by atoms with E-state index < -0.39 is 0 Å². The van der Waals surface area contributed by atoms with Gasteiger partial charge in [-0.15, -0.1) is 11.3 Å². The third-order valence-electron chi connectivity index (χ3n) is 3.51. The van der Waals surface area contributed by atoms with Crippen LogP contribution in [0.4, 0.5) is 0 Å². The number of hydrogen-bond donors (Lipinski definition) is 1. The highest BCUT2D eigenvalue weighted by molar-refractivity contribution is 7.07. The Morgan fingerprint density at radius 2 is 2.55 bits per heavy atom. The maximum atomic E-state index is 12.2. The number of aromatic nitrogens is 3. The quantitative estimate of drug-likeness (QED) is 0.888. The molecule has 0 bridgehead atoms. The van der Waals surface area contributed by atoms with Gasteiger partial charge in [0.2, 0.25) is 0 Å². The van der Waals surface area contributed by atoms with Gasteiger partial charge in [-0.3, -0.25) is 9.48 Å². The van der Waals surface area contributed by atoms with Crippen molar-refractivity contribution in [3.63, 3.8) is 0 Å². The van der Waals surface area contributed by atoms with Crippen molar-refractivity contribution in [1.82, 2.24) is 20.1 Å². The molecule has 0 radical (unpaired) electrons. The number of nitrogens with zero attached hydrogens (tertiary/aromatic N) is 3. The number of aryl methyl sites for hydroxylation is 1. The van der Waals surface area contributed by atoms with Gasteiger partial charge < -0.3 is 14.8 Å². The summed E-state index contributed by atoms with van der Waals surface area (Å²) < 4.78 is 13.0. The number of ether oxygens (including phenoxy) is 2. The van der Waals surface area contributed by atoms with Gasteiger partial charge in [0.25, 0.3) is 5.91 Å². The second-order valence-electron chi connectivity index (χ2n) is 5.18. The molecule has 0 aromatic carbocycles. The summed E-state index contributed by atoms with van der Waals surface area (Å²) >= 11 is 1.54. The average Bonchev–Trinajstić information content (AvgIpc) is 3.17. The van der Waals surface area contributed by atoms with Crippen LogP contribution in [0.25, 0.3) is 0 Å². The number of thiazole rings is 1. The molecule has 2 aromatic heterocycles. The van der Waals surface area contributed by atoms with E-state index in [9.17, 15) is 4.79 Å². The van der Waals surface area contributed by atoms with Crippen LogP contribution in [0.2, 0.25) is 0 Å². The van der Waals surface area contributed by atoms with Crippen molar-refractivity contribution in [3.8, 4) is 0 Å². The Kier molecular flexibility index (Phi) is 4.81. The lowest BCUT2D eigenvalue weighted by atomic mass is 10.1. The number of rotatable bonds is 5. The molecule has 1 aliphatic rings. The fraction of sp³-hybridized carbons (Fsp3) is 0.500. The minimum atomic E-state index is -0.167. The molecule has 0 spiro atoms.